The molecule has 1 aromatic rings. The van der Waals surface area contributed by atoms with Gasteiger partial charge in [-0.25, -0.2) is 4.79 Å². The summed E-state index contributed by atoms with van der Waals surface area (Å²) in [6, 6.07) is 7.47. The van der Waals surface area contributed by atoms with Crippen LogP contribution in [0.4, 0.5) is 0 Å². The van der Waals surface area contributed by atoms with Crippen LogP contribution in [0.5, 0.6) is 5.75 Å². The van der Waals surface area contributed by atoms with Crippen molar-refractivity contribution in [1.82, 2.24) is 0 Å². The second-order valence-corrected chi connectivity index (χ2v) is 3.41. The maximum absolute atomic E-state index is 10.2. The lowest BCUT2D eigenvalue weighted by Gasteiger charge is -2.07. The SMILES string of the molecule is C.CC(C)c1ccc(OCC(=O)O)cc1. The minimum atomic E-state index is -0.960. The molecule has 84 valence electrons. The molecule has 1 N–H and O–H groups in total. The van der Waals surface area contributed by atoms with E-state index >= 15 is 0 Å². The molecule has 0 aliphatic rings. The van der Waals surface area contributed by atoms with E-state index in [1.807, 2.05) is 12.1 Å². The predicted octanol–water partition coefficient (Wildman–Crippen LogP) is 2.91. The number of benzene rings is 1. The van der Waals surface area contributed by atoms with Crippen LogP contribution >= 0.6 is 0 Å². The quantitative estimate of drug-likeness (QED) is 0.831. The molecule has 0 bridgehead atoms. The van der Waals surface area contributed by atoms with Crippen molar-refractivity contribution in [3.8, 4) is 5.75 Å². The van der Waals surface area contributed by atoms with Crippen LogP contribution in [0.25, 0.3) is 0 Å². The summed E-state index contributed by atoms with van der Waals surface area (Å²) in [6.07, 6.45) is 0. The van der Waals surface area contributed by atoms with Crippen LogP contribution in [-0.2, 0) is 4.79 Å². The number of hydrogen-bond acceptors (Lipinski definition) is 2. The molecule has 0 atom stereocenters. The van der Waals surface area contributed by atoms with Gasteiger partial charge in [-0.05, 0) is 23.6 Å². The summed E-state index contributed by atoms with van der Waals surface area (Å²) in [7, 11) is 0. The van der Waals surface area contributed by atoms with Crippen LogP contribution in [0.1, 0.15) is 32.8 Å². The number of aliphatic carboxylic acids is 1. The second-order valence-electron chi connectivity index (χ2n) is 3.41. The largest absolute Gasteiger partial charge is 0.482 e. The van der Waals surface area contributed by atoms with Crippen molar-refractivity contribution >= 4 is 5.97 Å². The molecule has 0 aromatic heterocycles. The molecule has 0 heterocycles. The molecule has 0 unspecified atom stereocenters. The number of carbonyl (C=O) groups is 1. The van der Waals surface area contributed by atoms with Crippen LogP contribution in [0.3, 0.4) is 0 Å². The third-order valence-electron chi connectivity index (χ3n) is 1.91. The molecular formula is C12H18O3. The van der Waals surface area contributed by atoms with E-state index in [1.54, 1.807) is 12.1 Å². The minimum absolute atomic E-state index is 0. The zero-order chi connectivity index (χ0) is 10.6. The Balaban J connectivity index is 0.00000196. The third kappa shape index (κ3) is 4.49. The smallest absolute Gasteiger partial charge is 0.341 e. The summed E-state index contributed by atoms with van der Waals surface area (Å²) < 4.78 is 5.00. The Labute approximate surface area is 90.7 Å². The van der Waals surface area contributed by atoms with Gasteiger partial charge in [0.15, 0.2) is 6.61 Å². The van der Waals surface area contributed by atoms with E-state index < -0.39 is 5.97 Å². The lowest BCUT2D eigenvalue weighted by Crippen LogP contribution is -2.09. The molecule has 3 heteroatoms. The number of ether oxygens (including phenoxy) is 1. The standard InChI is InChI=1S/C11H14O3.CH4/c1-8(2)9-3-5-10(6-4-9)14-7-11(12)13;/h3-6,8H,7H2,1-2H3,(H,12,13);1H4. The van der Waals surface area contributed by atoms with E-state index in [0.29, 0.717) is 11.7 Å². The second kappa shape index (κ2) is 6.06. The molecule has 1 aromatic carbocycles. The fourth-order valence-electron chi connectivity index (χ4n) is 1.09. The van der Waals surface area contributed by atoms with Gasteiger partial charge in [-0.2, -0.15) is 0 Å². The van der Waals surface area contributed by atoms with Gasteiger partial charge in [-0.1, -0.05) is 33.4 Å². The summed E-state index contributed by atoms with van der Waals surface area (Å²) in [4.78, 5) is 10.2. The van der Waals surface area contributed by atoms with Crippen LogP contribution < -0.4 is 4.74 Å². The van der Waals surface area contributed by atoms with Gasteiger partial charge >= 0.3 is 5.97 Å². The van der Waals surface area contributed by atoms with Crippen molar-refractivity contribution in [2.75, 3.05) is 6.61 Å². The predicted molar refractivity (Wildman–Crippen MR) is 60.4 cm³/mol. The first kappa shape index (κ1) is 13.5. The van der Waals surface area contributed by atoms with E-state index in [2.05, 4.69) is 13.8 Å². The summed E-state index contributed by atoms with van der Waals surface area (Å²) in [5.41, 5.74) is 1.22. The summed E-state index contributed by atoms with van der Waals surface area (Å²) in [5.74, 6) is 0.109. The van der Waals surface area contributed by atoms with Gasteiger partial charge < -0.3 is 9.84 Å². The maximum Gasteiger partial charge on any atom is 0.341 e. The zero-order valence-corrected chi connectivity index (χ0v) is 8.36. The summed E-state index contributed by atoms with van der Waals surface area (Å²) in [5, 5.41) is 8.39. The van der Waals surface area contributed by atoms with Gasteiger partial charge in [-0.3, -0.25) is 0 Å². The van der Waals surface area contributed by atoms with Crippen molar-refractivity contribution in [2.45, 2.75) is 27.2 Å². The van der Waals surface area contributed by atoms with E-state index in [0.717, 1.165) is 0 Å². The summed E-state index contributed by atoms with van der Waals surface area (Å²) in [6.45, 7) is 3.92. The van der Waals surface area contributed by atoms with Gasteiger partial charge in [0.25, 0.3) is 0 Å². The number of rotatable bonds is 4. The minimum Gasteiger partial charge on any atom is -0.482 e. The van der Waals surface area contributed by atoms with Gasteiger partial charge in [0, 0.05) is 0 Å². The Kier molecular flexibility index (Phi) is 5.45. The van der Waals surface area contributed by atoms with Crippen molar-refractivity contribution in [3.05, 3.63) is 29.8 Å². The van der Waals surface area contributed by atoms with Crippen molar-refractivity contribution < 1.29 is 14.6 Å². The van der Waals surface area contributed by atoms with Crippen LogP contribution in [-0.4, -0.2) is 17.7 Å². The summed E-state index contributed by atoms with van der Waals surface area (Å²) >= 11 is 0. The lowest BCUT2D eigenvalue weighted by atomic mass is 10.0. The van der Waals surface area contributed by atoms with Gasteiger partial charge in [0.1, 0.15) is 5.75 Å². The Morgan fingerprint density at radius 1 is 1.33 bits per heavy atom. The Morgan fingerprint density at radius 3 is 2.27 bits per heavy atom. The number of hydrogen-bond donors (Lipinski definition) is 1. The molecule has 1 rings (SSSR count). The monoisotopic (exact) mass is 210 g/mol. The number of carboxylic acid groups (broad SMARTS) is 1. The normalized spacial score (nSPS) is 9.53. The molecule has 0 fully saturated rings. The van der Waals surface area contributed by atoms with E-state index in [4.69, 9.17) is 9.84 Å². The first-order chi connectivity index (χ1) is 6.59. The molecule has 0 radical (unpaired) electrons. The van der Waals surface area contributed by atoms with Gasteiger partial charge in [0.2, 0.25) is 0 Å². The molecule has 0 saturated carbocycles. The molecular weight excluding hydrogens is 192 g/mol. The van der Waals surface area contributed by atoms with Gasteiger partial charge in [-0.15, -0.1) is 0 Å². The van der Waals surface area contributed by atoms with Crippen LogP contribution in [0.15, 0.2) is 24.3 Å². The molecule has 3 nitrogen and oxygen atoms in total. The maximum atomic E-state index is 10.2. The molecule has 0 saturated heterocycles. The van der Waals surface area contributed by atoms with Crippen LogP contribution in [0.2, 0.25) is 0 Å². The highest BCUT2D eigenvalue weighted by atomic mass is 16.5. The van der Waals surface area contributed by atoms with Crippen LogP contribution in [0, 0.1) is 0 Å². The van der Waals surface area contributed by atoms with Gasteiger partial charge in [0.05, 0.1) is 0 Å². The molecule has 0 aliphatic heterocycles. The topological polar surface area (TPSA) is 46.5 Å². The highest BCUT2D eigenvalue weighted by Gasteiger charge is 2.01. The van der Waals surface area contributed by atoms with E-state index in [9.17, 15) is 4.79 Å². The number of carboxylic acids is 1. The first-order valence-electron chi connectivity index (χ1n) is 4.54. The highest BCUT2D eigenvalue weighted by Crippen LogP contribution is 2.18. The van der Waals surface area contributed by atoms with Crippen molar-refractivity contribution in [2.24, 2.45) is 0 Å². The Bertz CT molecular complexity index is 301. The lowest BCUT2D eigenvalue weighted by molar-refractivity contribution is -0.139. The molecule has 0 amide bonds. The fraction of sp³-hybridized carbons (Fsp3) is 0.417. The van der Waals surface area contributed by atoms with Crippen molar-refractivity contribution in [3.63, 3.8) is 0 Å². The molecule has 0 spiro atoms. The Morgan fingerprint density at radius 2 is 1.87 bits per heavy atom. The molecule has 15 heavy (non-hydrogen) atoms. The fourth-order valence-corrected chi connectivity index (χ4v) is 1.09. The Hall–Kier alpha value is -1.51. The van der Waals surface area contributed by atoms with E-state index in [1.165, 1.54) is 5.56 Å². The first-order valence-corrected chi connectivity index (χ1v) is 4.54. The average Bonchev–Trinajstić information content (AvgIpc) is 2.15. The average molecular weight is 210 g/mol. The van der Waals surface area contributed by atoms with E-state index in [-0.39, 0.29) is 14.0 Å². The van der Waals surface area contributed by atoms with Crippen molar-refractivity contribution in [1.29, 1.82) is 0 Å². The zero-order valence-electron chi connectivity index (χ0n) is 8.36. The highest BCUT2D eigenvalue weighted by molar-refractivity contribution is 5.68. The third-order valence-corrected chi connectivity index (χ3v) is 1.91. The molecule has 0 aliphatic carbocycles.